The molecule has 0 heterocycles. The van der Waals surface area contributed by atoms with E-state index in [2.05, 4.69) is 0 Å². The summed E-state index contributed by atoms with van der Waals surface area (Å²) >= 11 is 0. The van der Waals surface area contributed by atoms with Crippen LogP contribution in [0.2, 0.25) is 0 Å². The van der Waals surface area contributed by atoms with Gasteiger partial charge in [0.15, 0.2) is 4.93 Å². The van der Waals surface area contributed by atoms with Gasteiger partial charge in [-0.2, -0.15) is 96.6 Å². The van der Waals surface area contributed by atoms with E-state index in [1.54, 1.807) is 0 Å². The second-order valence-electron chi connectivity index (χ2n) is 6.62. The Morgan fingerprint density at radius 3 is 0.684 bits per heavy atom. The van der Waals surface area contributed by atoms with E-state index in [0.717, 1.165) is 0 Å². The van der Waals surface area contributed by atoms with E-state index in [9.17, 15) is 114 Å². The van der Waals surface area contributed by atoms with Crippen LogP contribution in [0.1, 0.15) is 0 Å². The van der Waals surface area contributed by atoms with Crippen molar-refractivity contribution in [1.29, 1.82) is 0 Å². The molecule has 0 unspecified atom stereocenters. The average Bonchev–Trinajstić information content (AvgIpc) is 2.63. The maximum atomic E-state index is 13.4. The summed E-state index contributed by atoms with van der Waals surface area (Å²) in [4.78, 5) is -8.62. The van der Waals surface area contributed by atoms with Gasteiger partial charge in [0, 0.05) is 0 Å². The molecule has 0 fully saturated rings. The van der Waals surface area contributed by atoms with Crippen LogP contribution in [0.15, 0.2) is 0 Å². The number of alkyl halides is 24. The molecule has 0 aromatic carbocycles. The van der Waals surface area contributed by atoms with E-state index in [0.29, 0.717) is 0 Å². The summed E-state index contributed by atoms with van der Waals surface area (Å²) < 4.78 is 333. The first kappa shape index (κ1) is 36.1. The van der Waals surface area contributed by atoms with E-state index in [4.69, 9.17) is 0 Å². The second-order valence-corrected chi connectivity index (χ2v) is 6.62. The first-order valence-electron chi connectivity index (χ1n) is 7.57. The van der Waals surface area contributed by atoms with Gasteiger partial charge < -0.3 is 0 Å². The van der Waals surface area contributed by atoms with Gasteiger partial charge in [-0.25, -0.2) is 0 Å². The van der Waals surface area contributed by atoms with Gasteiger partial charge in [0.05, 0.1) is 8.96 Å². The number of hydrogen-bond acceptors (Lipinski definition) is 0. The van der Waals surface area contributed by atoms with E-state index in [1.807, 2.05) is 0 Å². The summed E-state index contributed by atoms with van der Waals surface area (Å²) in [5.41, 5.74) is 0. The van der Waals surface area contributed by atoms with Crippen LogP contribution in [0.25, 0.3) is 0 Å². The molecular formula is C11F26N+. The first-order valence-corrected chi connectivity index (χ1v) is 7.57. The molecule has 0 amide bonds. The van der Waals surface area contributed by atoms with Crippen LogP contribution < -0.4 is 0 Å². The van der Waals surface area contributed by atoms with Crippen LogP contribution in [-0.2, 0) is 0 Å². The van der Waals surface area contributed by atoms with Crippen LogP contribution in [0.4, 0.5) is 114 Å². The van der Waals surface area contributed by atoms with Gasteiger partial charge in [0.25, 0.3) is 0 Å². The summed E-state index contributed by atoms with van der Waals surface area (Å²) in [6.07, 6.45) is -25.5. The fourth-order valence-electron chi connectivity index (χ4n) is 2.00. The predicted octanol–water partition coefficient (Wildman–Crippen LogP) is 8.33. The predicted molar refractivity (Wildman–Crippen MR) is 59.1 cm³/mol. The Bertz CT molecular complexity index is 851. The lowest BCUT2D eigenvalue weighted by molar-refractivity contribution is -1.28. The summed E-state index contributed by atoms with van der Waals surface area (Å²) in [6, 6.07) is -9.72. The van der Waals surface area contributed by atoms with Crippen molar-refractivity contribution in [3.05, 3.63) is 0 Å². The Hall–Kier alpha value is -1.86. The zero-order chi connectivity index (χ0) is 32.0. The van der Waals surface area contributed by atoms with Crippen LogP contribution in [-0.4, -0.2) is 70.8 Å². The minimum atomic E-state index is -9.74. The van der Waals surface area contributed by atoms with Crippen molar-refractivity contribution < 1.29 is 119 Å². The van der Waals surface area contributed by atoms with Crippen molar-refractivity contribution in [2.75, 3.05) is 0 Å². The van der Waals surface area contributed by atoms with Crippen LogP contribution in [0.5, 0.6) is 0 Å². The SMILES string of the molecule is FC(F)(F)C(F)(F)C(F)(F)C(F)(F)C(F)(F)C(F)(F)C(F)(F)C(F)(F)[N+](F)(F)C(F)(C(F)(F)F)C(F)(F)F. The monoisotopic (exact) mass is 640 g/mol. The molecule has 38 heavy (non-hydrogen) atoms. The van der Waals surface area contributed by atoms with Gasteiger partial charge in [0.1, 0.15) is 0 Å². The lowest BCUT2D eigenvalue weighted by Gasteiger charge is -2.43. The fourth-order valence-corrected chi connectivity index (χ4v) is 2.00. The van der Waals surface area contributed by atoms with Crippen molar-refractivity contribution in [2.24, 2.45) is 0 Å². The normalized spacial score (nSPS) is 17.2. The summed E-state index contributed by atoms with van der Waals surface area (Å²) in [7, 11) is 0. The van der Waals surface area contributed by atoms with Crippen LogP contribution >= 0.6 is 0 Å². The van der Waals surface area contributed by atoms with Crippen molar-refractivity contribution in [1.82, 2.24) is 0 Å². The number of hydrogen-bond donors (Lipinski definition) is 0. The lowest BCUT2D eigenvalue weighted by Crippen LogP contribution is -2.81. The van der Waals surface area contributed by atoms with Gasteiger partial charge in [-0.3, -0.25) is 0 Å². The van der Waals surface area contributed by atoms with Gasteiger partial charge in [0.2, 0.25) is 0 Å². The average molecular weight is 640 g/mol. The number of nitrogens with zero attached hydrogens (tertiary/aromatic N) is 1. The Morgan fingerprint density at radius 1 is 0.263 bits per heavy atom. The lowest BCUT2D eigenvalue weighted by atomic mass is 9.90. The minimum absolute atomic E-state index is 8.20. The molecule has 0 N–H and O–H groups in total. The van der Waals surface area contributed by atoms with E-state index in [-0.39, 0.29) is 0 Å². The minimum Gasteiger partial charge on any atom is -0.192 e. The number of quaternary nitrogens is 1. The quantitative estimate of drug-likeness (QED) is 0.142. The van der Waals surface area contributed by atoms with E-state index in [1.165, 1.54) is 0 Å². The molecule has 0 aliphatic heterocycles. The molecule has 230 valence electrons. The molecule has 0 radical (unpaired) electrons. The second kappa shape index (κ2) is 8.33. The Kier molecular flexibility index (Phi) is 7.92. The Balaban J connectivity index is 7.44. The van der Waals surface area contributed by atoms with Crippen molar-refractivity contribution in [3.8, 4) is 0 Å². The Labute approximate surface area is 187 Å². The molecule has 0 rings (SSSR count). The van der Waals surface area contributed by atoms with Gasteiger partial charge in [-0.1, -0.05) is 0 Å². The topological polar surface area (TPSA) is 0 Å². The highest BCUT2D eigenvalue weighted by molar-refractivity contribution is 5.14. The zero-order valence-corrected chi connectivity index (χ0v) is 15.8. The molecule has 0 spiro atoms. The third-order valence-corrected chi connectivity index (χ3v) is 4.20. The number of rotatable bonds is 8. The van der Waals surface area contributed by atoms with Crippen molar-refractivity contribution in [3.63, 3.8) is 0 Å². The number of halogens is 26. The molecule has 0 saturated heterocycles. The highest BCUT2D eigenvalue weighted by atomic mass is 19.5. The van der Waals surface area contributed by atoms with Crippen molar-refractivity contribution >= 4 is 0 Å². The molecule has 1 nitrogen and oxygen atoms in total. The molecule has 0 aliphatic carbocycles. The highest BCUT2D eigenvalue weighted by Crippen LogP contribution is 2.67. The summed E-state index contributed by atoms with van der Waals surface area (Å²) in [5.74, 6) is -65.5. The molecule has 0 aromatic heterocycles. The molecule has 27 heteroatoms. The van der Waals surface area contributed by atoms with Crippen LogP contribution in [0, 0.1) is 0 Å². The fraction of sp³-hybridized carbons (Fsp3) is 1.00. The molecule has 0 atom stereocenters. The zero-order valence-electron chi connectivity index (χ0n) is 15.8. The molecule has 0 aliphatic rings. The van der Waals surface area contributed by atoms with E-state index < -0.39 is 70.8 Å². The summed E-state index contributed by atoms with van der Waals surface area (Å²) in [5, 5.41) is 0. The highest BCUT2D eigenvalue weighted by Gasteiger charge is 3.04. The van der Waals surface area contributed by atoms with Crippen molar-refractivity contribution in [2.45, 2.75) is 65.9 Å². The molecule has 0 aromatic rings. The van der Waals surface area contributed by atoms with Crippen LogP contribution in [0.3, 0.4) is 0 Å². The Morgan fingerprint density at radius 2 is 0.474 bits per heavy atom. The smallest absolute Gasteiger partial charge is 0.192 e. The molecule has 0 bridgehead atoms. The largest absolute Gasteiger partial charge is 0.538 e. The maximum Gasteiger partial charge on any atom is 0.538 e. The van der Waals surface area contributed by atoms with Gasteiger partial charge in [-0.05, 0) is 0 Å². The third-order valence-electron chi connectivity index (χ3n) is 4.20. The third kappa shape index (κ3) is 3.97. The molecular weight excluding hydrogens is 640 g/mol. The summed E-state index contributed by atoms with van der Waals surface area (Å²) in [6.45, 7) is 0. The molecule has 0 saturated carbocycles. The van der Waals surface area contributed by atoms with Gasteiger partial charge in [-0.15, -0.1) is 8.78 Å². The first-order chi connectivity index (χ1) is 15.8. The maximum absolute atomic E-state index is 13.4. The standard InChI is InChI=1S/C11F26N/c12-1(13,3(16,17)5(20,21)8(25,26)27)2(14,15)4(18,19)6(22,23)11(34,35)38(36,37)7(24,9(28,29)30)10(31,32)33/q+1. The van der Waals surface area contributed by atoms with Gasteiger partial charge >= 0.3 is 65.9 Å². The van der Waals surface area contributed by atoms with E-state index >= 15 is 0 Å².